The molecule has 2 fully saturated rings. The van der Waals surface area contributed by atoms with Crippen LogP contribution in [0.15, 0.2) is 18.3 Å². The molecule has 0 aliphatic carbocycles. The molecule has 21 heavy (non-hydrogen) atoms. The van der Waals surface area contributed by atoms with Gasteiger partial charge in [0, 0.05) is 44.0 Å². The van der Waals surface area contributed by atoms with Crippen molar-refractivity contribution in [3.8, 4) is 0 Å². The number of hydrogen-bond donors (Lipinski definition) is 1. The van der Waals surface area contributed by atoms with Crippen LogP contribution in [0.1, 0.15) is 42.7 Å². The van der Waals surface area contributed by atoms with Crippen molar-refractivity contribution in [1.82, 2.24) is 14.4 Å². The normalized spacial score (nSPS) is 29.0. The first kappa shape index (κ1) is 14.6. The Kier molecular flexibility index (Phi) is 4.04. The molecule has 2 saturated heterocycles. The van der Waals surface area contributed by atoms with Gasteiger partial charge < -0.3 is 14.6 Å². The van der Waals surface area contributed by atoms with E-state index in [1.807, 2.05) is 16.8 Å². The first-order valence-electron chi connectivity index (χ1n) is 7.90. The fourth-order valence-corrected chi connectivity index (χ4v) is 3.85. The van der Waals surface area contributed by atoms with Crippen LogP contribution in [-0.2, 0) is 0 Å². The Morgan fingerprint density at radius 2 is 2.00 bits per heavy atom. The van der Waals surface area contributed by atoms with E-state index in [0.29, 0.717) is 23.8 Å². The average molecular weight is 291 g/mol. The third kappa shape index (κ3) is 2.85. The van der Waals surface area contributed by atoms with Gasteiger partial charge in [0.2, 0.25) is 0 Å². The molecule has 116 valence electrons. The van der Waals surface area contributed by atoms with E-state index in [0.717, 1.165) is 32.5 Å². The van der Waals surface area contributed by atoms with E-state index in [1.165, 1.54) is 6.42 Å². The summed E-state index contributed by atoms with van der Waals surface area (Å²) in [6.45, 7) is 5.61. The zero-order valence-corrected chi connectivity index (χ0v) is 12.9. The first-order valence-corrected chi connectivity index (χ1v) is 7.90. The number of rotatable bonds is 3. The minimum absolute atomic E-state index is 0.332. The second-order valence-corrected chi connectivity index (χ2v) is 6.55. The number of aromatic nitrogens is 1. The lowest BCUT2D eigenvalue weighted by molar-refractivity contribution is 0.0675. The number of nitrogens with zero attached hydrogens (tertiary/aromatic N) is 3. The monoisotopic (exact) mass is 291 g/mol. The summed E-state index contributed by atoms with van der Waals surface area (Å²) in [6.07, 6.45) is 5.26. The molecule has 3 rings (SSSR count). The van der Waals surface area contributed by atoms with Gasteiger partial charge in [0.05, 0.1) is 0 Å². The average Bonchev–Trinajstić information content (AvgIpc) is 3.07. The van der Waals surface area contributed by atoms with Crippen LogP contribution >= 0.6 is 0 Å². The van der Waals surface area contributed by atoms with Crippen molar-refractivity contribution in [3.63, 3.8) is 0 Å². The number of carboxylic acid groups (broad SMARTS) is 1. The van der Waals surface area contributed by atoms with Gasteiger partial charge in [-0.3, -0.25) is 4.90 Å². The predicted molar refractivity (Wildman–Crippen MR) is 81.7 cm³/mol. The summed E-state index contributed by atoms with van der Waals surface area (Å²) >= 11 is 0. The van der Waals surface area contributed by atoms with Crippen molar-refractivity contribution >= 4 is 5.97 Å². The third-order valence-corrected chi connectivity index (χ3v) is 5.27. The minimum atomic E-state index is -0.825. The highest BCUT2D eigenvalue weighted by atomic mass is 16.4. The van der Waals surface area contributed by atoms with Crippen molar-refractivity contribution in [2.75, 3.05) is 26.7 Å². The molecule has 0 amide bonds. The quantitative estimate of drug-likeness (QED) is 0.924. The van der Waals surface area contributed by atoms with Crippen LogP contribution in [0.2, 0.25) is 0 Å². The molecule has 3 heterocycles. The topological polar surface area (TPSA) is 48.7 Å². The largest absolute Gasteiger partial charge is 0.477 e. The predicted octanol–water partition coefficient (Wildman–Crippen LogP) is 1.92. The number of hydrogen-bond acceptors (Lipinski definition) is 3. The van der Waals surface area contributed by atoms with Gasteiger partial charge >= 0.3 is 5.97 Å². The van der Waals surface area contributed by atoms with Crippen LogP contribution in [-0.4, -0.2) is 64.2 Å². The molecule has 0 bridgehead atoms. The second kappa shape index (κ2) is 5.81. The van der Waals surface area contributed by atoms with Crippen molar-refractivity contribution < 1.29 is 9.90 Å². The van der Waals surface area contributed by atoms with Gasteiger partial charge in [-0.15, -0.1) is 0 Å². The van der Waals surface area contributed by atoms with Gasteiger partial charge in [0.15, 0.2) is 0 Å². The molecular formula is C16H25N3O2. The van der Waals surface area contributed by atoms with E-state index in [9.17, 15) is 9.90 Å². The van der Waals surface area contributed by atoms with Crippen molar-refractivity contribution in [1.29, 1.82) is 0 Å². The van der Waals surface area contributed by atoms with Crippen LogP contribution in [0.5, 0.6) is 0 Å². The number of likely N-dealkylation sites (N-methyl/N-ethyl adjacent to an activating group) is 1. The highest BCUT2D eigenvalue weighted by molar-refractivity contribution is 5.85. The number of piperidine rings is 1. The Labute approximate surface area is 126 Å². The molecular weight excluding hydrogens is 266 g/mol. The number of aromatic carboxylic acids is 1. The highest BCUT2D eigenvalue weighted by Gasteiger charge is 2.33. The molecule has 1 aromatic heterocycles. The Balaban J connectivity index is 1.60. The summed E-state index contributed by atoms with van der Waals surface area (Å²) in [5.74, 6) is -0.825. The summed E-state index contributed by atoms with van der Waals surface area (Å²) in [7, 11) is 2.20. The van der Waals surface area contributed by atoms with E-state index >= 15 is 0 Å². The molecule has 0 aromatic carbocycles. The summed E-state index contributed by atoms with van der Waals surface area (Å²) < 4.78 is 1.95. The fourth-order valence-electron chi connectivity index (χ4n) is 3.85. The molecule has 0 saturated carbocycles. The van der Waals surface area contributed by atoms with Crippen LogP contribution in [0.3, 0.4) is 0 Å². The van der Waals surface area contributed by atoms with Crippen LogP contribution in [0.25, 0.3) is 0 Å². The van der Waals surface area contributed by atoms with Gasteiger partial charge in [-0.05, 0) is 45.4 Å². The molecule has 1 aromatic rings. The Hall–Kier alpha value is -1.33. The summed E-state index contributed by atoms with van der Waals surface area (Å²) in [4.78, 5) is 16.3. The smallest absolute Gasteiger partial charge is 0.352 e. The molecule has 2 atom stereocenters. The molecule has 0 spiro atoms. The second-order valence-electron chi connectivity index (χ2n) is 6.55. The van der Waals surface area contributed by atoms with Crippen molar-refractivity contribution in [2.45, 2.75) is 44.3 Å². The molecule has 2 aliphatic rings. The maximum Gasteiger partial charge on any atom is 0.352 e. The summed E-state index contributed by atoms with van der Waals surface area (Å²) in [5.41, 5.74) is 0.419. The Morgan fingerprint density at radius 1 is 1.29 bits per heavy atom. The van der Waals surface area contributed by atoms with Crippen molar-refractivity contribution in [3.05, 3.63) is 24.0 Å². The van der Waals surface area contributed by atoms with Crippen LogP contribution < -0.4 is 0 Å². The number of likely N-dealkylation sites (tertiary alicyclic amines) is 2. The zero-order valence-electron chi connectivity index (χ0n) is 12.9. The number of carbonyl (C=O) groups is 1. The van der Waals surface area contributed by atoms with Gasteiger partial charge in [-0.1, -0.05) is 0 Å². The third-order valence-electron chi connectivity index (χ3n) is 5.27. The Bertz CT molecular complexity index is 495. The maximum atomic E-state index is 11.2. The maximum absolute atomic E-state index is 11.2. The SMILES string of the molecule is CC1CC(N2CCC(n3cccc3C(=O)O)CC2)CN1C. The molecule has 2 aliphatic heterocycles. The van der Waals surface area contributed by atoms with E-state index in [-0.39, 0.29) is 0 Å². The van der Waals surface area contributed by atoms with E-state index in [1.54, 1.807) is 6.07 Å². The number of carboxylic acids is 1. The molecule has 0 radical (unpaired) electrons. The molecule has 5 nitrogen and oxygen atoms in total. The fraction of sp³-hybridized carbons (Fsp3) is 0.688. The van der Waals surface area contributed by atoms with Gasteiger partial charge in [-0.25, -0.2) is 4.79 Å². The van der Waals surface area contributed by atoms with Gasteiger partial charge in [0.1, 0.15) is 5.69 Å². The summed E-state index contributed by atoms with van der Waals surface area (Å²) in [5, 5.41) is 9.23. The van der Waals surface area contributed by atoms with Crippen molar-refractivity contribution in [2.24, 2.45) is 0 Å². The van der Waals surface area contributed by atoms with E-state index in [4.69, 9.17) is 0 Å². The lowest BCUT2D eigenvalue weighted by Gasteiger charge is -2.36. The van der Waals surface area contributed by atoms with E-state index in [2.05, 4.69) is 23.8 Å². The molecule has 5 heteroatoms. The molecule has 1 N–H and O–H groups in total. The summed E-state index contributed by atoms with van der Waals surface area (Å²) in [6, 6.07) is 5.22. The zero-order chi connectivity index (χ0) is 15.0. The van der Waals surface area contributed by atoms with Gasteiger partial charge in [0.25, 0.3) is 0 Å². The van der Waals surface area contributed by atoms with Gasteiger partial charge in [-0.2, -0.15) is 0 Å². The lowest BCUT2D eigenvalue weighted by atomic mass is 10.0. The first-order chi connectivity index (χ1) is 10.1. The van der Waals surface area contributed by atoms with Crippen LogP contribution in [0.4, 0.5) is 0 Å². The highest BCUT2D eigenvalue weighted by Crippen LogP contribution is 2.29. The minimum Gasteiger partial charge on any atom is -0.477 e. The van der Waals surface area contributed by atoms with Crippen LogP contribution in [0, 0.1) is 0 Å². The Morgan fingerprint density at radius 3 is 2.57 bits per heavy atom. The van der Waals surface area contributed by atoms with E-state index < -0.39 is 5.97 Å². The standard InChI is InChI=1S/C16H25N3O2/c1-12-10-14(11-17(12)2)18-8-5-13(6-9-18)19-7-3-4-15(19)16(20)21/h3-4,7,12-14H,5-6,8-11H2,1-2H3,(H,20,21). The molecule has 2 unspecified atom stereocenters. The lowest BCUT2D eigenvalue weighted by Crippen LogP contribution is -2.43.